The molecule has 1 aromatic heterocycles. The molecule has 2 rings (SSSR count). The van der Waals surface area contributed by atoms with E-state index in [9.17, 15) is 0 Å². The smallest absolute Gasteiger partial charge is 0.144 e. The lowest BCUT2D eigenvalue weighted by molar-refractivity contribution is 0.787. The van der Waals surface area contributed by atoms with E-state index in [0.717, 1.165) is 25.1 Å². The number of nitriles is 1. The van der Waals surface area contributed by atoms with Crippen LogP contribution >= 0.6 is 0 Å². The molecule has 1 aromatic rings. The van der Waals surface area contributed by atoms with Crippen molar-refractivity contribution in [3.63, 3.8) is 0 Å². The monoisotopic (exact) mass is 202 g/mol. The minimum absolute atomic E-state index is 0.395. The van der Waals surface area contributed by atoms with Crippen molar-refractivity contribution >= 4 is 5.82 Å². The SMILES string of the molecule is Cc1ccnc(NC2CCNC2)c1C#N. The molecule has 15 heavy (non-hydrogen) atoms. The lowest BCUT2D eigenvalue weighted by atomic mass is 10.1. The van der Waals surface area contributed by atoms with Gasteiger partial charge in [-0.2, -0.15) is 5.26 Å². The van der Waals surface area contributed by atoms with Crippen molar-refractivity contribution in [1.29, 1.82) is 5.26 Å². The fraction of sp³-hybridized carbons (Fsp3) is 0.455. The Kier molecular flexibility index (Phi) is 2.84. The lowest BCUT2D eigenvalue weighted by Gasteiger charge is -2.13. The number of hydrogen-bond acceptors (Lipinski definition) is 4. The van der Waals surface area contributed by atoms with E-state index < -0.39 is 0 Å². The molecule has 2 heterocycles. The predicted molar refractivity (Wildman–Crippen MR) is 58.6 cm³/mol. The maximum Gasteiger partial charge on any atom is 0.144 e. The molecule has 4 heteroatoms. The van der Waals surface area contributed by atoms with Crippen LogP contribution in [0.15, 0.2) is 12.3 Å². The minimum atomic E-state index is 0.395. The first-order chi connectivity index (χ1) is 7.31. The van der Waals surface area contributed by atoms with Gasteiger partial charge in [-0.05, 0) is 31.5 Å². The van der Waals surface area contributed by atoms with Gasteiger partial charge >= 0.3 is 0 Å². The summed E-state index contributed by atoms with van der Waals surface area (Å²) in [6, 6.07) is 4.44. The maximum atomic E-state index is 9.03. The van der Waals surface area contributed by atoms with Gasteiger partial charge in [-0.3, -0.25) is 0 Å². The Morgan fingerprint density at radius 2 is 2.53 bits per heavy atom. The van der Waals surface area contributed by atoms with E-state index in [1.807, 2.05) is 13.0 Å². The highest BCUT2D eigenvalue weighted by atomic mass is 15.1. The zero-order valence-corrected chi connectivity index (χ0v) is 8.75. The average Bonchev–Trinajstić information content (AvgIpc) is 2.71. The van der Waals surface area contributed by atoms with Crippen LogP contribution in [-0.4, -0.2) is 24.1 Å². The summed E-state index contributed by atoms with van der Waals surface area (Å²) in [5.41, 5.74) is 1.63. The van der Waals surface area contributed by atoms with Gasteiger partial charge in [0.2, 0.25) is 0 Å². The number of rotatable bonds is 2. The molecule has 0 spiro atoms. The quantitative estimate of drug-likeness (QED) is 0.752. The van der Waals surface area contributed by atoms with E-state index in [0.29, 0.717) is 17.4 Å². The Balaban J connectivity index is 2.20. The minimum Gasteiger partial charge on any atom is -0.365 e. The molecule has 0 radical (unpaired) electrons. The molecule has 0 saturated carbocycles. The van der Waals surface area contributed by atoms with Gasteiger partial charge in [0.1, 0.15) is 11.9 Å². The first kappa shape index (κ1) is 9.94. The Hall–Kier alpha value is -1.60. The summed E-state index contributed by atoms with van der Waals surface area (Å²) in [7, 11) is 0. The predicted octanol–water partition coefficient (Wildman–Crippen LogP) is 1.04. The van der Waals surface area contributed by atoms with E-state index in [2.05, 4.69) is 21.7 Å². The number of aryl methyl sites for hydroxylation is 1. The molecular weight excluding hydrogens is 188 g/mol. The van der Waals surface area contributed by atoms with Crippen molar-refractivity contribution in [3.05, 3.63) is 23.4 Å². The van der Waals surface area contributed by atoms with Crippen molar-refractivity contribution in [3.8, 4) is 6.07 Å². The number of aromatic nitrogens is 1. The molecule has 1 unspecified atom stereocenters. The first-order valence-electron chi connectivity index (χ1n) is 5.14. The van der Waals surface area contributed by atoms with Crippen molar-refractivity contribution in [2.75, 3.05) is 18.4 Å². The molecule has 0 amide bonds. The molecule has 1 fully saturated rings. The molecule has 78 valence electrons. The van der Waals surface area contributed by atoms with Gasteiger partial charge in [0.25, 0.3) is 0 Å². The standard InChI is InChI=1S/C11H14N4/c1-8-2-5-14-11(10(8)6-12)15-9-3-4-13-7-9/h2,5,9,13H,3-4,7H2,1H3,(H,14,15). The molecule has 0 bridgehead atoms. The largest absolute Gasteiger partial charge is 0.365 e. The van der Waals surface area contributed by atoms with Gasteiger partial charge in [-0.25, -0.2) is 4.98 Å². The summed E-state index contributed by atoms with van der Waals surface area (Å²) < 4.78 is 0. The molecule has 1 aliphatic rings. The average molecular weight is 202 g/mol. The van der Waals surface area contributed by atoms with Gasteiger partial charge in [0.05, 0.1) is 5.56 Å². The molecule has 0 aliphatic carbocycles. The molecule has 4 nitrogen and oxygen atoms in total. The van der Waals surface area contributed by atoms with Gasteiger partial charge in [0.15, 0.2) is 0 Å². The number of anilines is 1. The van der Waals surface area contributed by atoms with E-state index in [-0.39, 0.29) is 0 Å². The van der Waals surface area contributed by atoms with Crippen LogP contribution < -0.4 is 10.6 Å². The van der Waals surface area contributed by atoms with Gasteiger partial charge in [-0.15, -0.1) is 0 Å². The van der Waals surface area contributed by atoms with E-state index >= 15 is 0 Å². The third-order valence-corrected chi connectivity index (χ3v) is 2.67. The van der Waals surface area contributed by atoms with Crippen molar-refractivity contribution in [2.24, 2.45) is 0 Å². The van der Waals surface area contributed by atoms with Gasteiger partial charge in [-0.1, -0.05) is 0 Å². The topological polar surface area (TPSA) is 60.7 Å². The second-order valence-electron chi connectivity index (χ2n) is 3.80. The summed E-state index contributed by atoms with van der Waals surface area (Å²) in [6.45, 7) is 3.91. The van der Waals surface area contributed by atoms with E-state index in [1.54, 1.807) is 6.20 Å². The van der Waals surface area contributed by atoms with Crippen LogP contribution in [0.4, 0.5) is 5.82 Å². The van der Waals surface area contributed by atoms with Crippen LogP contribution in [0.5, 0.6) is 0 Å². The summed E-state index contributed by atoms with van der Waals surface area (Å²) in [4.78, 5) is 4.21. The van der Waals surface area contributed by atoms with E-state index in [4.69, 9.17) is 5.26 Å². The van der Waals surface area contributed by atoms with Crippen LogP contribution in [0.2, 0.25) is 0 Å². The second kappa shape index (κ2) is 4.28. The highest BCUT2D eigenvalue weighted by Crippen LogP contribution is 2.17. The van der Waals surface area contributed by atoms with Crippen LogP contribution in [0.1, 0.15) is 17.5 Å². The Labute approximate surface area is 89.3 Å². The fourth-order valence-electron chi connectivity index (χ4n) is 1.78. The number of nitrogens with zero attached hydrogens (tertiary/aromatic N) is 2. The van der Waals surface area contributed by atoms with E-state index in [1.165, 1.54) is 0 Å². The lowest BCUT2D eigenvalue weighted by Crippen LogP contribution is -2.23. The van der Waals surface area contributed by atoms with Crippen molar-refractivity contribution < 1.29 is 0 Å². The molecule has 2 N–H and O–H groups in total. The van der Waals surface area contributed by atoms with Crippen LogP contribution in [-0.2, 0) is 0 Å². The summed E-state index contributed by atoms with van der Waals surface area (Å²) in [5.74, 6) is 0.714. The molecule has 1 aliphatic heterocycles. The first-order valence-corrected chi connectivity index (χ1v) is 5.14. The van der Waals surface area contributed by atoms with Gasteiger partial charge < -0.3 is 10.6 Å². The summed E-state index contributed by atoms with van der Waals surface area (Å²) in [5, 5.41) is 15.6. The molecular formula is C11H14N4. The second-order valence-corrected chi connectivity index (χ2v) is 3.80. The zero-order valence-electron chi connectivity index (χ0n) is 8.75. The fourth-order valence-corrected chi connectivity index (χ4v) is 1.78. The third-order valence-electron chi connectivity index (χ3n) is 2.67. The highest BCUT2D eigenvalue weighted by molar-refractivity contribution is 5.55. The van der Waals surface area contributed by atoms with Crippen LogP contribution in [0, 0.1) is 18.3 Å². The number of hydrogen-bond donors (Lipinski definition) is 2. The normalized spacial score (nSPS) is 19.9. The molecule has 0 aromatic carbocycles. The highest BCUT2D eigenvalue weighted by Gasteiger charge is 2.16. The Morgan fingerprint density at radius 3 is 3.20 bits per heavy atom. The molecule has 1 atom stereocenters. The maximum absolute atomic E-state index is 9.03. The summed E-state index contributed by atoms with van der Waals surface area (Å²) >= 11 is 0. The summed E-state index contributed by atoms with van der Waals surface area (Å²) in [6.07, 6.45) is 2.82. The van der Waals surface area contributed by atoms with Crippen LogP contribution in [0.3, 0.4) is 0 Å². The molecule has 1 saturated heterocycles. The number of nitrogens with one attached hydrogen (secondary N) is 2. The number of pyridine rings is 1. The Bertz CT molecular complexity index is 388. The van der Waals surface area contributed by atoms with Crippen molar-refractivity contribution in [2.45, 2.75) is 19.4 Å². The third kappa shape index (κ3) is 2.08. The Morgan fingerprint density at radius 1 is 1.67 bits per heavy atom. The van der Waals surface area contributed by atoms with Gasteiger partial charge in [0, 0.05) is 18.8 Å². The zero-order chi connectivity index (χ0) is 10.7. The van der Waals surface area contributed by atoms with Crippen molar-refractivity contribution in [1.82, 2.24) is 10.3 Å². The van der Waals surface area contributed by atoms with Crippen LogP contribution in [0.25, 0.3) is 0 Å².